The molecule has 1 heteroatoms. The zero-order valence-electron chi connectivity index (χ0n) is 6.13. The van der Waals surface area contributed by atoms with Gasteiger partial charge in [0, 0.05) is 11.8 Å². The van der Waals surface area contributed by atoms with E-state index in [0.29, 0.717) is 11.8 Å². The van der Waals surface area contributed by atoms with Crippen molar-refractivity contribution < 1.29 is 0 Å². The van der Waals surface area contributed by atoms with Gasteiger partial charge in [-0.2, -0.15) is 0 Å². The Hall–Kier alpha value is -0.750. The van der Waals surface area contributed by atoms with E-state index in [1.165, 1.54) is 11.1 Å². The highest BCUT2D eigenvalue weighted by molar-refractivity contribution is 6.18. The Balaban J connectivity index is 2.46. The molecule has 1 aromatic rings. The van der Waals surface area contributed by atoms with Gasteiger partial charge in [-0.15, -0.1) is 11.6 Å². The Morgan fingerprint density at radius 1 is 1.27 bits per heavy atom. The van der Waals surface area contributed by atoms with Crippen LogP contribution >= 0.6 is 11.6 Å². The number of rotatable bonds is 1. The maximum Gasteiger partial charge on any atom is 0.0327 e. The second-order valence-electron chi connectivity index (χ2n) is 2.75. The van der Waals surface area contributed by atoms with Crippen molar-refractivity contribution in [3.63, 3.8) is 0 Å². The highest BCUT2D eigenvalue weighted by Gasteiger charge is 2.14. The highest BCUT2D eigenvalue weighted by atomic mass is 35.5. The van der Waals surface area contributed by atoms with E-state index < -0.39 is 0 Å². The van der Waals surface area contributed by atoms with E-state index >= 15 is 0 Å². The standard InChI is InChI=1S/C10H9Cl/c11-7-9-6-5-8-3-1-2-4-10(8)9/h1-6,9H,7H2. The predicted molar refractivity (Wildman–Crippen MR) is 48.9 cm³/mol. The van der Waals surface area contributed by atoms with E-state index in [1.807, 2.05) is 0 Å². The van der Waals surface area contributed by atoms with Crippen LogP contribution in [0.3, 0.4) is 0 Å². The third-order valence-corrected chi connectivity index (χ3v) is 2.40. The number of allylic oxidation sites excluding steroid dienone is 1. The summed E-state index contributed by atoms with van der Waals surface area (Å²) in [5, 5.41) is 0. The van der Waals surface area contributed by atoms with Gasteiger partial charge < -0.3 is 0 Å². The van der Waals surface area contributed by atoms with Gasteiger partial charge in [-0.25, -0.2) is 0 Å². The summed E-state index contributed by atoms with van der Waals surface area (Å²) in [7, 11) is 0. The van der Waals surface area contributed by atoms with Gasteiger partial charge in [-0.3, -0.25) is 0 Å². The van der Waals surface area contributed by atoms with Crippen LogP contribution in [0.15, 0.2) is 30.3 Å². The molecule has 0 fully saturated rings. The lowest BCUT2D eigenvalue weighted by Crippen LogP contribution is -1.92. The van der Waals surface area contributed by atoms with Gasteiger partial charge in [-0.05, 0) is 11.1 Å². The summed E-state index contributed by atoms with van der Waals surface area (Å²) in [6.45, 7) is 0. The largest absolute Gasteiger partial charge is 0.126 e. The van der Waals surface area contributed by atoms with Crippen molar-refractivity contribution in [2.45, 2.75) is 5.92 Å². The first kappa shape index (κ1) is 6.93. The van der Waals surface area contributed by atoms with Crippen LogP contribution in [0, 0.1) is 0 Å². The number of hydrogen-bond donors (Lipinski definition) is 0. The van der Waals surface area contributed by atoms with Crippen molar-refractivity contribution in [2.75, 3.05) is 5.88 Å². The number of hydrogen-bond acceptors (Lipinski definition) is 0. The summed E-state index contributed by atoms with van der Waals surface area (Å²) in [6.07, 6.45) is 4.31. The molecule has 11 heavy (non-hydrogen) atoms. The molecule has 0 aliphatic heterocycles. The summed E-state index contributed by atoms with van der Waals surface area (Å²) in [4.78, 5) is 0. The first-order chi connectivity index (χ1) is 5.42. The van der Waals surface area contributed by atoms with Crippen LogP contribution in [0.25, 0.3) is 6.08 Å². The molecule has 2 rings (SSSR count). The quantitative estimate of drug-likeness (QED) is 0.560. The zero-order chi connectivity index (χ0) is 7.68. The van der Waals surface area contributed by atoms with Crippen molar-refractivity contribution in [2.24, 2.45) is 0 Å². The predicted octanol–water partition coefficient (Wildman–Crippen LogP) is 3.04. The van der Waals surface area contributed by atoms with Crippen LogP contribution in [0.5, 0.6) is 0 Å². The van der Waals surface area contributed by atoms with E-state index in [4.69, 9.17) is 11.6 Å². The lowest BCUT2D eigenvalue weighted by atomic mass is 10.0. The van der Waals surface area contributed by atoms with Gasteiger partial charge in [-0.1, -0.05) is 36.4 Å². The summed E-state index contributed by atoms with van der Waals surface area (Å²) in [6, 6.07) is 8.38. The molecule has 0 N–H and O–H groups in total. The topological polar surface area (TPSA) is 0 Å². The Morgan fingerprint density at radius 2 is 2.09 bits per heavy atom. The van der Waals surface area contributed by atoms with Crippen molar-refractivity contribution in [1.82, 2.24) is 0 Å². The van der Waals surface area contributed by atoms with Gasteiger partial charge in [0.25, 0.3) is 0 Å². The molecule has 0 amide bonds. The molecule has 0 saturated carbocycles. The normalized spacial score (nSPS) is 20.3. The van der Waals surface area contributed by atoms with E-state index in [9.17, 15) is 0 Å². The second-order valence-corrected chi connectivity index (χ2v) is 3.06. The first-order valence-corrected chi connectivity index (χ1v) is 4.28. The fourth-order valence-electron chi connectivity index (χ4n) is 1.46. The molecule has 0 aromatic heterocycles. The monoisotopic (exact) mass is 164 g/mol. The molecule has 0 spiro atoms. The van der Waals surface area contributed by atoms with Crippen LogP contribution in [0.4, 0.5) is 0 Å². The molecule has 1 aliphatic carbocycles. The highest BCUT2D eigenvalue weighted by Crippen LogP contribution is 2.30. The summed E-state index contributed by atoms with van der Waals surface area (Å²) in [5.41, 5.74) is 2.68. The first-order valence-electron chi connectivity index (χ1n) is 3.75. The maximum absolute atomic E-state index is 5.78. The van der Waals surface area contributed by atoms with Crippen molar-refractivity contribution >= 4 is 17.7 Å². The average Bonchev–Trinajstić information content (AvgIpc) is 2.47. The number of alkyl halides is 1. The van der Waals surface area contributed by atoms with Gasteiger partial charge in [0.05, 0.1) is 0 Å². The molecule has 0 saturated heterocycles. The Labute approximate surface area is 71.5 Å². The van der Waals surface area contributed by atoms with Crippen LogP contribution in [-0.2, 0) is 0 Å². The van der Waals surface area contributed by atoms with Crippen molar-refractivity contribution in [1.29, 1.82) is 0 Å². The summed E-state index contributed by atoms with van der Waals surface area (Å²) in [5.74, 6) is 1.13. The number of benzene rings is 1. The third kappa shape index (κ3) is 1.08. The zero-order valence-corrected chi connectivity index (χ0v) is 6.88. The van der Waals surface area contributed by atoms with Crippen LogP contribution in [-0.4, -0.2) is 5.88 Å². The second kappa shape index (κ2) is 2.71. The molecule has 1 aromatic carbocycles. The minimum Gasteiger partial charge on any atom is -0.126 e. The molecule has 1 aliphatic rings. The van der Waals surface area contributed by atoms with Crippen molar-refractivity contribution in [3.05, 3.63) is 41.5 Å². The van der Waals surface area contributed by atoms with E-state index in [-0.39, 0.29) is 0 Å². The van der Waals surface area contributed by atoms with Gasteiger partial charge >= 0.3 is 0 Å². The number of halogens is 1. The molecule has 1 unspecified atom stereocenters. The molecular weight excluding hydrogens is 156 g/mol. The van der Waals surface area contributed by atoms with Gasteiger partial charge in [0.15, 0.2) is 0 Å². The lowest BCUT2D eigenvalue weighted by molar-refractivity contribution is 1.000. The van der Waals surface area contributed by atoms with Crippen molar-refractivity contribution in [3.8, 4) is 0 Å². The SMILES string of the molecule is ClCC1C=Cc2ccccc21. The fourth-order valence-corrected chi connectivity index (χ4v) is 1.73. The maximum atomic E-state index is 5.78. The summed E-state index contributed by atoms with van der Waals surface area (Å²) < 4.78 is 0. The molecular formula is C10H9Cl. The van der Waals surface area contributed by atoms with Gasteiger partial charge in [0.2, 0.25) is 0 Å². The molecule has 1 atom stereocenters. The van der Waals surface area contributed by atoms with Gasteiger partial charge in [0.1, 0.15) is 0 Å². The number of fused-ring (bicyclic) bond motifs is 1. The van der Waals surface area contributed by atoms with E-state index in [1.54, 1.807) is 0 Å². The molecule has 56 valence electrons. The average molecular weight is 165 g/mol. The third-order valence-electron chi connectivity index (χ3n) is 2.07. The smallest absolute Gasteiger partial charge is 0.0327 e. The minimum absolute atomic E-state index is 0.438. The Morgan fingerprint density at radius 3 is 2.91 bits per heavy atom. The van der Waals surface area contributed by atoms with E-state index in [0.717, 1.165) is 0 Å². The van der Waals surface area contributed by atoms with Crippen LogP contribution in [0.2, 0.25) is 0 Å². The fraction of sp³-hybridized carbons (Fsp3) is 0.200. The minimum atomic E-state index is 0.438. The summed E-state index contributed by atoms with van der Waals surface area (Å²) >= 11 is 5.78. The molecule has 0 bridgehead atoms. The molecule has 0 heterocycles. The van der Waals surface area contributed by atoms with Crippen LogP contribution in [0.1, 0.15) is 17.0 Å². The Bertz CT molecular complexity index is 289. The van der Waals surface area contributed by atoms with E-state index in [2.05, 4.69) is 36.4 Å². The Kier molecular flexibility index (Phi) is 1.71. The molecule has 0 nitrogen and oxygen atoms in total. The van der Waals surface area contributed by atoms with Crippen LogP contribution < -0.4 is 0 Å². The lowest BCUT2D eigenvalue weighted by Gasteiger charge is -2.04. The molecule has 0 radical (unpaired) electrons.